The zero-order valence-electron chi connectivity index (χ0n) is 15.9. The van der Waals surface area contributed by atoms with E-state index < -0.39 is 5.60 Å². The highest BCUT2D eigenvalue weighted by Gasteiger charge is 2.43. The van der Waals surface area contributed by atoms with Gasteiger partial charge < -0.3 is 19.3 Å². The standard InChI is InChI=1S/C23H22N2O4/c26-21(20-12-7-17-29-20)24-13-15-25(16-14-24)22(27)23(28,18-8-3-1-4-9-18)19-10-5-2-6-11-19/h1-12,17,28H,13-16H2. The van der Waals surface area contributed by atoms with Crippen molar-refractivity contribution >= 4 is 11.8 Å². The van der Waals surface area contributed by atoms with Crippen molar-refractivity contribution in [2.24, 2.45) is 0 Å². The third-order valence-corrected chi connectivity index (χ3v) is 5.28. The maximum Gasteiger partial charge on any atom is 0.289 e. The Labute approximate surface area is 169 Å². The fraction of sp³-hybridized carbons (Fsp3) is 0.217. The topological polar surface area (TPSA) is 74.0 Å². The van der Waals surface area contributed by atoms with Gasteiger partial charge in [0.15, 0.2) is 11.4 Å². The number of aliphatic hydroxyl groups is 1. The van der Waals surface area contributed by atoms with Gasteiger partial charge in [-0.05, 0) is 23.3 Å². The molecule has 0 unspecified atom stereocenters. The Morgan fingerprint density at radius 1 is 0.759 bits per heavy atom. The Hall–Kier alpha value is -3.38. The first kappa shape index (κ1) is 19.0. The summed E-state index contributed by atoms with van der Waals surface area (Å²) in [4.78, 5) is 29.2. The van der Waals surface area contributed by atoms with Crippen molar-refractivity contribution in [3.8, 4) is 0 Å². The van der Waals surface area contributed by atoms with Gasteiger partial charge in [0.1, 0.15) is 0 Å². The van der Waals surface area contributed by atoms with E-state index in [4.69, 9.17) is 4.42 Å². The first-order valence-corrected chi connectivity index (χ1v) is 9.56. The summed E-state index contributed by atoms with van der Waals surface area (Å²) in [5.41, 5.74) is -0.744. The van der Waals surface area contributed by atoms with Crippen LogP contribution in [0.3, 0.4) is 0 Å². The third kappa shape index (κ3) is 3.54. The van der Waals surface area contributed by atoms with Crippen molar-refractivity contribution in [1.29, 1.82) is 0 Å². The van der Waals surface area contributed by atoms with E-state index in [1.807, 2.05) is 12.1 Å². The lowest BCUT2D eigenvalue weighted by Crippen LogP contribution is -2.56. The van der Waals surface area contributed by atoms with Crippen LogP contribution in [0.5, 0.6) is 0 Å². The van der Waals surface area contributed by atoms with E-state index in [2.05, 4.69) is 0 Å². The van der Waals surface area contributed by atoms with Crippen molar-refractivity contribution in [2.75, 3.05) is 26.2 Å². The van der Waals surface area contributed by atoms with Crippen molar-refractivity contribution in [1.82, 2.24) is 9.80 Å². The van der Waals surface area contributed by atoms with Crippen LogP contribution in [0.15, 0.2) is 83.5 Å². The van der Waals surface area contributed by atoms with E-state index in [9.17, 15) is 14.7 Å². The second-order valence-corrected chi connectivity index (χ2v) is 7.00. The van der Waals surface area contributed by atoms with E-state index in [0.717, 1.165) is 0 Å². The molecular formula is C23H22N2O4. The summed E-state index contributed by atoms with van der Waals surface area (Å²) in [7, 11) is 0. The van der Waals surface area contributed by atoms with Gasteiger partial charge in [0.2, 0.25) is 0 Å². The van der Waals surface area contributed by atoms with Crippen molar-refractivity contribution < 1.29 is 19.1 Å². The van der Waals surface area contributed by atoms with Gasteiger partial charge in [0, 0.05) is 26.2 Å². The minimum Gasteiger partial charge on any atom is -0.459 e. The lowest BCUT2D eigenvalue weighted by molar-refractivity contribution is -0.149. The number of carbonyl (C=O) groups is 2. The molecule has 1 N–H and O–H groups in total. The highest BCUT2D eigenvalue weighted by molar-refractivity contribution is 5.92. The van der Waals surface area contributed by atoms with Gasteiger partial charge in [-0.25, -0.2) is 0 Å². The van der Waals surface area contributed by atoms with Crippen LogP contribution < -0.4 is 0 Å². The summed E-state index contributed by atoms with van der Waals surface area (Å²) < 4.78 is 5.18. The van der Waals surface area contributed by atoms with Crippen LogP contribution in [0.25, 0.3) is 0 Å². The summed E-state index contributed by atoms with van der Waals surface area (Å²) in [6.07, 6.45) is 1.47. The van der Waals surface area contributed by atoms with Crippen LogP contribution in [0.1, 0.15) is 21.7 Å². The molecule has 3 aromatic rings. The smallest absolute Gasteiger partial charge is 0.289 e. The van der Waals surface area contributed by atoms with Gasteiger partial charge in [-0.15, -0.1) is 0 Å². The normalized spacial score (nSPS) is 14.7. The maximum atomic E-state index is 13.5. The Kier molecular flexibility index (Phi) is 5.18. The molecule has 0 bridgehead atoms. The van der Waals surface area contributed by atoms with Crippen LogP contribution in [0.2, 0.25) is 0 Å². The van der Waals surface area contributed by atoms with Crippen LogP contribution >= 0.6 is 0 Å². The van der Waals surface area contributed by atoms with Crippen LogP contribution in [-0.4, -0.2) is 52.9 Å². The highest BCUT2D eigenvalue weighted by atomic mass is 16.3. The average molecular weight is 390 g/mol. The molecule has 2 amide bonds. The van der Waals surface area contributed by atoms with E-state index in [-0.39, 0.29) is 17.6 Å². The second-order valence-electron chi connectivity index (χ2n) is 7.00. The molecule has 1 aromatic heterocycles. The first-order chi connectivity index (χ1) is 14.1. The van der Waals surface area contributed by atoms with Crippen LogP contribution in [0, 0.1) is 0 Å². The number of carbonyl (C=O) groups excluding carboxylic acids is 2. The predicted octanol–water partition coefficient (Wildman–Crippen LogP) is 2.50. The Morgan fingerprint density at radius 3 is 1.76 bits per heavy atom. The molecule has 1 fully saturated rings. The predicted molar refractivity (Wildman–Crippen MR) is 107 cm³/mol. The number of hydrogen-bond donors (Lipinski definition) is 1. The molecule has 2 heterocycles. The molecule has 0 radical (unpaired) electrons. The minimum absolute atomic E-state index is 0.191. The van der Waals surface area contributed by atoms with Gasteiger partial charge in [-0.2, -0.15) is 0 Å². The first-order valence-electron chi connectivity index (χ1n) is 9.56. The van der Waals surface area contributed by atoms with Gasteiger partial charge in [-0.3, -0.25) is 9.59 Å². The zero-order valence-corrected chi connectivity index (χ0v) is 15.9. The van der Waals surface area contributed by atoms with E-state index in [1.54, 1.807) is 70.5 Å². The van der Waals surface area contributed by atoms with Crippen molar-refractivity contribution in [3.63, 3.8) is 0 Å². The second kappa shape index (κ2) is 7.93. The molecule has 6 heteroatoms. The van der Waals surface area contributed by atoms with Gasteiger partial charge in [-0.1, -0.05) is 60.7 Å². The SMILES string of the molecule is O=C(c1ccco1)N1CCN(C(=O)C(O)(c2ccccc2)c2ccccc2)CC1. The summed E-state index contributed by atoms with van der Waals surface area (Å²) in [5.74, 6) is -0.293. The molecule has 1 saturated heterocycles. The lowest BCUT2D eigenvalue weighted by atomic mass is 9.85. The summed E-state index contributed by atoms with van der Waals surface area (Å²) in [5, 5.41) is 11.6. The van der Waals surface area contributed by atoms with E-state index >= 15 is 0 Å². The average Bonchev–Trinajstić information content (AvgIpc) is 3.34. The molecule has 0 spiro atoms. The molecule has 4 rings (SSSR count). The quantitative estimate of drug-likeness (QED) is 0.743. The Balaban J connectivity index is 1.56. The highest BCUT2D eigenvalue weighted by Crippen LogP contribution is 2.32. The third-order valence-electron chi connectivity index (χ3n) is 5.28. The number of rotatable bonds is 4. The van der Waals surface area contributed by atoms with E-state index in [0.29, 0.717) is 37.3 Å². The molecule has 148 valence electrons. The monoisotopic (exact) mass is 390 g/mol. The molecule has 29 heavy (non-hydrogen) atoms. The van der Waals surface area contributed by atoms with Gasteiger partial charge in [0.05, 0.1) is 6.26 Å². The summed E-state index contributed by atoms with van der Waals surface area (Å²) in [6, 6.07) is 21.2. The fourth-order valence-electron chi connectivity index (χ4n) is 3.67. The molecule has 1 aliphatic heterocycles. The Bertz CT molecular complexity index is 923. The molecule has 1 aliphatic rings. The van der Waals surface area contributed by atoms with Crippen LogP contribution in [0.4, 0.5) is 0 Å². The van der Waals surface area contributed by atoms with Crippen molar-refractivity contribution in [2.45, 2.75) is 5.60 Å². The van der Waals surface area contributed by atoms with Crippen molar-refractivity contribution in [3.05, 3.63) is 95.9 Å². The number of benzene rings is 2. The largest absolute Gasteiger partial charge is 0.459 e. The molecular weight excluding hydrogens is 368 g/mol. The van der Waals surface area contributed by atoms with Gasteiger partial charge >= 0.3 is 0 Å². The molecule has 0 atom stereocenters. The zero-order chi connectivity index (χ0) is 20.3. The molecule has 0 saturated carbocycles. The number of furan rings is 1. The molecule has 2 aromatic carbocycles. The van der Waals surface area contributed by atoms with Gasteiger partial charge in [0.25, 0.3) is 11.8 Å². The van der Waals surface area contributed by atoms with Crippen LogP contribution in [-0.2, 0) is 10.4 Å². The number of hydrogen-bond acceptors (Lipinski definition) is 4. The summed E-state index contributed by atoms with van der Waals surface area (Å²) in [6.45, 7) is 1.44. The molecule has 0 aliphatic carbocycles. The maximum absolute atomic E-state index is 13.5. The number of nitrogens with zero attached hydrogens (tertiary/aromatic N) is 2. The minimum atomic E-state index is -1.78. The Morgan fingerprint density at radius 2 is 1.28 bits per heavy atom. The summed E-state index contributed by atoms with van der Waals surface area (Å²) >= 11 is 0. The fourth-order valence-corrected chi connectivity index (χ4v) is 3.67. The van der Waals surface area contributed by atoms with E-state index in [1.165, 1.54) is 6.26 Å². The molecule has 6 nitrogen and oxygen atoms in total. The number of amides is 2. The lowest BCUT2D eigenvalue weighted by Gasteiger charge is -2.39. The number of piperazine rings is 1.